The van der Waals surface area contributed by atoms with Gasteiger partial charge in [0, 0.05) is 0 Å². The number of carbonyl (C=O) groups excluding carboxylic acids is 1. The summed E-state index contributed by atoms with van der Waals surface area (Å²) in [7, 11) is 0. The number of nitrogens with two attached hydrogens (primary N) is 1. The molecule has 0 aliphatic heterocycles. The summed E-state index contributed by atoms with van der Waals surface area (Å²) >= 11 is 0. The van der Waals surface area contributed by atoms with E-state index in [0.29, 0.717) is 5.75 Å². The van der Waals surface area contributed by atoms with E-state index in [1.165, 1.54) is 24.3 Å². The zero-order valence-electron chi connectivity index (χ0n) is 8.15. The van der Waals surface area contributed by atoms with Crippen molar-refractivity contribution >= 4 is 5.97 Å². The van der Waals surface area contributed by atoms with Gasteiger partial charge in [0.05, 0.1) is 0 Å². The molecule has 1 aromatic carbocycles. The lowest BCUT2D eigenvalue weighted by Crippen LogP contribution is -2.44. The molecule has 0 saturated heterocycles. The van der Waals surface area contributed by atoms with Crippen LogP contribution in [0.4, 0.5) is 0 Å². The number of hydrogen-bond donors (Lipinski definition) is 2. The number of phenolic OH excluding ortho intramolecular Hbond substituents is 1. The molecule has 0 aliphatic rings. The molecular formula is C10H13NO3. The number of aromatic hydroxyl groups is 1. The highest BCUT2D eigenvalue weighted by molar-refractivity contribution is 5.81. The molecule has 0 aromatic heterocycles. The number of esters is 1. The molecular weight excluding hydrogens is 182 g/mol. The molecule has 14 heavy (non-hydrogen) atoms. The number of benzene rings is 1. The van der Waals surface area contributed by atoms with E-state index in [9.17, 15) is 4.79 Å². The minimum absolute atomic E-state index is 0.122. The minimum atomic E-state index is -1.02. The van der Waals surface area contributed by atoms with Gasteiger partial charge in [0.1, 0.15) is 17.0 Å². The molecule has 0 amide bonds. The molecule has 0 bridgehead atoms. The van der Waals surface area contributed by atoms with Gasteiger partial charge in [0.25, 0.3) is 0 Å². The van der Waals surface area contributed by atoms with Crippen LogP contribution in [0.1, 0.15) is 13.8 Å². The van der Waals surface area contributed by atoms with Crippen LogP contribution in [0, 0.1) is 0 Å². The Morgan fingerprint density at radius 1 is 1.36 bits per heavy atom. The Labute approximate surface area is 82.3 Å². The predicted octanol–water partition coefficient (Wildman–Crippen LogP) is 1.03. The lowest BCUT2D eigenvalue weighted by atomic mass is 10.1. The second-order valence-corrected chi connectivity index (χ2v) is 3.61. The Bertz CT molecular complexity index is 324. The second kappa shape index (κ2) is 3.67. The van der Waals surface area contributed by atoms with Crippen LogP contribution < -0.4 is 10.5 Å². The van der Waals surface area contributed by atoms with E-state index in [0.717, 1.165) is 0 Å². The summed E-state index contributed by atoms with van der Waals surface area (Å²) in [4.78, 5) is 11.3. The quantitative estimate of drug-likeness (QED) is 0.546. The van der Waals surface area contributed by atoms with Crippen LogP contribution in [0.15, 0.2) is 24.3 Å². The smallest absolute Gasteiger partial charge is 0.330 e. The van der Waals surface area contributed by atoms with Crippen molar-refractivity contribution in [2.24, 2.45) is 5.73 Å². The average Bonchev–Trinajstić information content (AvgIpc) is 2.07. The number of hydrogen-bond acceptors (Lipinski definition) is 4. The number of rotatable bonds is 2. The molecule has 4 nitrogen and oxygen atoms in total. The van der Waals surface area contributed by atoms with E-state index in [4.69, 9.17) is 15.6 Å². The van der Waals surface area contributed by atoms with E-state index in [2.05, 4.69) is 0 Å². The van der Waals surface area contributed by atoms with E-state index >= 15 is 0 Å². The monoisotopic (exact) mass is 195 g/mol. The number of carbonyl (C=O) groups is 1. The molecule has 4 heteroatoms. The molecule has 0 fully saturated rings. The van der Waals surface area contributed by atoms with Crippen molar-refractivity contribution in [1.82, 2.24) is 0 Å². The highest BCUT2D eigenvalue weighted by Crippen LogP contribution is 2.17. The molecule has 76 valence electrons. The standard InChI is InChI=1S/C10H13NO3/c1-10(2,11)9(13)14-8-5-3-7(12)4-6-8/h3-6,12H,11H2,1-2H3. The molecule has 0 spiro atoms. The van der Waals surface area contributed by atoms with Gasteiger partial charge in [-0.15, -0.1) is 0 Å². The van der Waals surface area contributed by atoms with Crippen molar-refractivity contribution in [3.05, 3.63) is 24.3 Å². The summed E-state index contributed by atoms with van der Waals surface area (Å²) in [5.41, 5.74) is 4.52. The molecule has 0 radical (unpaired) electrons. The third-order valence-corrected chi connectivity index (χ3v) is 1.57. The van der Waals surface area contributed by atoms with Gasteiger partial charge in [-0.2, -0.15) is 0 Å². The first-order valence-electron chi connectivity index (χ1n) is 4.20. The van der Waals surface area contributed by atoms with Crippen molar-refractivity contribution < 1.29 is 14.6 Å². The number of ether oxygens (including phenoxy) is 1. The van der Waals surface area contributed by atoms with Gasteiger partial charge in [-0.05, 0) is 38.1 Å². The maximum atomic E-state index is 11.3. The van der Waals surface area contributed by atoms with E-state index < -0.39 is 11.5 Å². The molecule has 1 rings (SSSR count). The Morgan fingerprint density at radius 3 is 2.29 bits per heavy atom. The minimum Gasteiger partial charge on any atom is -0.508 e. The lowest BCUT2D eigenvalue weighted by molar-refractivity contribution is -0.139. The van der Waals surface area contributed by atoms with Gasteiger partial charge >= 0.3 is 5.97 Å². The van der Waals surface area contributed by atoms with Gasteiger partial charge in [-0.25, -0.2) is 4.79 Å². The van der Waals surface area contributed by atoms with Crippen molar-refractivity contribution in [1.29, 1.82) is 0 Å². The van der Waals surface area contributed by atoms with Gasteiger partial charge in [-0.3, -0.25) is 0 Å². The predicted molar refractivity (Wildman–Crippen MR) is 52.0 cm³/mol. The summed E-state index contributed by atoms with van der Waals surface area (Å²) in [5.74, 6) is -0.0219. The van der Waals surface area contributed by atoms with Gasteiger partial charge in [-0.1, -0.05) is 0 Å². The summed E-state index contributed by atoms with van der Waals surface area (Å²) < 4.78 is 4.96. The maximum absolute atomic E-state index is 11.3. The van der Waals surface area contributed by atoms with Crippen LogP contribution in [-0.4, -0.2) is 16.6 Å². The topological polar surface area (TPSA) is 72.6 Å². The molecule has 3 N–H and O–H groups in total. The first-order chi connectivity index (χ1) is 6.39. The highest BCUT2D eigenvalue weighted by atomic mass is 16.5. The zero-order valence-corrected chi connectivity index (χ0v) is 8.15. The third kappa shape index (κ3) is 2.74. The van der Waals surface area contributed by atoms with Crippen LogP contribution in [0.5, 0.6) is 11.5 Å². The Kier molecular flexibility index (Phi) is 2.76. The normalized spacial score (nSPS) is 11.1. The van der Waals surface area contributed by atoms with Crippen LogP contribution in [0.2, 0.25) is 0 Å². The molecule has 0 atom stereocenters. The van der Waals surface area contributed by atoms with Crippen LogP contribution in [0.25, 0.3) is 0 Å². The molecule has 0 heterocycles. The first kappa shape index (κ1) is 10.5. The Balaban J connectivity index is 2.71. The fourth-order valence-electron chi connectivity index (χ4n) is 0.753. The average molecular weight is 195 g/mol. The summed E-state index contributed by atoms with van der Waals surface area (Å²) in [6, 6.07) is 5.87. The van der Waals surface area contributed by atoms with Gasteiger partial charge in [0.15, 0.2) is 0 Å². The van der Waals surface area contributed by atoms with Crippen molar-refractivity contribution in [2.75, 3.05) is 0 Å². The van der Waals surface area contributed by atoms with E-state index in [1.54, 1.807) is 13.8 Å². The molecule has 0 saturated carbocycles. The maximum Gasteiger partial charge on any atom is 0.330 e. The van der Waals surface area contributed by atoms with E-state index in [1.807, 2.05) is 0 Å². The van der Waals surface area contributed by atoms with Crippen molar-refractivity contribution in [3.8, 4) is 11.5 Å². The number of phenols is 1. The van der Waals surface area contributed by atoms with Gasteiger partial charge < -0.3 is 15.6 Å². The Morgan fingerprint density at radius 2 is 1.86 bits per heavy atom. The van der Waals surface area contributed by atoms with Crippen molar-refractivity contribution in [2.45, 2.75) is 19.4 Å². The second-order valence-electron chi connectivity index (χ2n) is 3.61. The highest BCUT2D eigenvalue weighted by Gasteiger charge is 2.24. The largest absolute Gasteiger partial charge is 0.508 e. The fourth-order valence-corrected chi connectivity index (χ4v) is 0.753. The third-order valence-electron chi connectivity index (χ3n) is 1.57. The zero-order chi connectivity index (χ0) is 10.8. The van der Waals surface area contributed by atoms with Crippen LogP contribution >= 0.6 is 0 Å². The SMILES string of the molecule is CC(C)(N)C(=O)Oc1ccc(O)cc1. The fraction of sp³-hybridized carbons (Fsp3) is 0.300. The molecule has 0 aliphatic carbocycles. The lowest BCUT2D eigenvalue weighted by Gasteiger charge is -2.16. The Hall–Kier alpha value is -1.55. The summed E-state index contributed by atoms with van der Waals surface area (Å²) in [5, 5.41) is 8.99. The first-order valence-corrected chi connectivity index (χ1v) is 4.20. The van der Waals surface area contributed by atoms with E-state index in [-0.39, 0.29) is 5.75 Å². The van der Waals surface area contributed by atoms with Crippen molar-refractivity contribution in [3.63, 3.8) is 0 Å². The summed E-state index contributed by atoms with van der Waals surface area (Å²) in [6.45, 7) is 3.13. The van der Waals surface area contributed by atoms with Gasteiger partial charge in [0.2, 0.25) is 0 Å². The van der Waals surface area contributed by atoms with Crippen LogP contribution in [-0.2, 0) is 4.79 Å². The van der Waals surface area contributed by atoms with Crippen LogP contribution in [0.3, 0.4) is 0 Å². The summed E-state index contributed by atoms with van der Waals surface area (Å²) in [6.07, 6.45) is 0. The molecule has 1 aromatic rings. The molecule has 0 unspecified atom stereocenters.